The quantitative estimate of drug-likeness (QED) is 0.719. The van der Waals surface area contributed by atoms with E-state index in [4.69, 9.17) is 4.74 Å². The second-order valence-corrected chi connectivity index (χ2v) is 6.22. The average molecular weight is 349 g/mol. The van der Waals surface area contributed by atoms with Crippen LogP contribution in [0.15, 0.2) is 61.4 Å². The van der Waals surface area contributed by atoms with Crippen LogP contribution in [-0.4, -0.2) is 43.0 Å². The number of pyridine rings is 1. The third-order valence-electron chi connectivity index (χ3n) is 4.41. The predicted octanol–water partition coefficient (Wildman–Crippen LogP) is 1.91. The van der Waals surface area contributed by atoms with Gasteiger partial charge in [-0.1, -0.05) is 0 Å². The standard InChI is InChI=1S/C19H19N5O2/c25-19(18-10-21-7-8-22-18)24-11-16-2-1-9-23(16)12-17(13-24)26-14-15-3-5-20-6-4-15/h1-10,17H,11-14H2. The Balaban J connectivity index is 1.53. The molecule has 1 aliphatic rings. The Bertz CT molecular complexity index is 866. The third kappa shape index (κ3) is 3.62. The van der Waals surface area contributed by atoms with Gasteiger partial charge in [0.2, 0.25) is 0 Å². The molecule has 1 unspecified atom stereocenters. The molecule has 3 aromatic heterocycles. The molecule has 1 atom stereocenters. The summed E-state index contributed by atoms with van der Waals surface area (Å²) in [6, 6.07) is 7.88. The Hall–Kier alpha value is -3.06. The lowest BCUT2D eigenvalue weighted by Gasteiger charge is -2.24. The molecule has 0 saturated heterocycles. The van der Waals surface area contributed by atoms with Crippen LogP contribution >= 0.6 is 0 Å². The molecule has 1 amide bonds. The SMILES string of the molecule is O=C(c1cnccn1)N1Cc2cccn2CC(OCc2ccncc2)C1. The predicted molar refractivity (Wildman–Crippen MR) is 94.0 cm³/mol. The molecule has 26 heavy (non-hydrogen) atoms. The van der Waals surface area contributed by atoms with E-state index in [-0.39, 0.29) is 12.0 Å². The smallest absolute Gasteiger partial charge is 0.274 e. The molecule has 4 heterocycles. The van der Waals surface area contributed by atoms with E-state index in [1.54, 1.807) is 23.5 Å². The van der Waals surface area contributed by atoms with Crippen LogP contribution in [0.4, 0.5) is 0 Å². The molecule has 0 fully saturated rings. The molecule has 0 aromatic carbocycles. The van der Waals surface area contributed by atoms with Gasteiger partial charge in [-0.2, -0.15) is 0 Å². The zero-order valence-electron chi connectivity index (χ0n) is 14.2. The third-order valence-corrected chi connectivity index (χ3v) is 4.41. The molecule has 0 spiro atoms. The maximum Gasteiger partial charge on any atom is 0.274 e. The molecule has 7 nitrogen and oxygen atoms in total. The van der Waals surface area contributed by atoms with Crippen LogP contribution in [0, 0.1) is 0 Å². The first-order valence-corrected chi connectivity index (χ1v) is 8.49. The molecule has 0 radical (unpaired) electrons. The van der Waals surface area contributed by atoms with Crippen LogP contribution in [-0.2, 0) is 24.4 Å². The van der Waals surface area contributed by atoms with Gasteiger partial charge in [0, 0.05) is 43.2 Å². The van der Waals surface area contributed by atoms with E-state index in [1.165, 1.54) is 12.4 Å². The fraction of sp³-hybridized carbons (Fsp3) is 0.263. The van der Waals surface area contributed by atoms with E-state index in [1.807, 2.05) is 30.5 Å². The fourth-order valence-electron chi connectivity index (χ4n) is 3.08. The summed E-state index contributed by atoms with van der Waals surface area (Å²) in [6.45, 7) is 2.22. The van der Waals surface area contributed by atoms with E-state index < -0.39 is 0 Å². The van der Waals surface area contributed by atoms with Gasteiger partial charge in [0.05, 0.1) is 32.0 Å². The number of carbonyl (C=O) groups excluding carboxylic acids is 1. The molecule has 0 saturated carbocycles. The summed E-state index contributed by atoms with van der Waals surface area (Å²) < 4.78 is 8.25. The Morgan fingerprint density at radius 3 is 2.81 bits per heavy atom. The van der Waals surface area contributed by atoms with E-state index >= 15 is 0 Å². The minimum absolute atomic E-state index is 0.113. The number of ether oxygens (including phenoxy) is 1. The summed E-state index contributed by atoms with van der Waals surface area (Å²) >= 11 is 0. The van der Waals surface area contributed by atoms with Gasteiger partial charge < -0.3 is 14.2 Å². The van der Waals surface area contributed by atoms with Crippen LogP contribution < -0.4 is 0 Å². The largest absolute Gasteiger partial charge is 0.370 e. The van der Waals surface area contributed by atoms with Gasteiger partial charge in [-0.25, -0.2) is 4.98 Å². The minimum atomic E-state index is -0.134. The van der Waals surface area contributed by atoms with E-state index in [0.29, 0.717) is 31.9 Å². The number of hydrogen-bond acceptors (Lipinski definition) is 5. The lowest BCUT2D eigenvalue weighted by atomic mass is 10.2. The molecule has 0 bridgehead atoms. The van der Waals surface area contributed by atoms with Crippen molar-refractivity contribution in [3.63, 3.8) is 0 Å². The van der Waals surface area contributed by atoms with Gasteiger partial charge >= 0.3 is 0 Å². The van der Waals surface area contributed by atoms with Crippen LogP contribution in [0.1, 0.15) is 21.7 Å². The first-order chi connectivity index (χ1) is 12.8. The van der Waals surface area contributed by atoms with E-state index in [0.717, 1.165) is 11.3 Å². The molecule has 1 aliphatic heterocycles. The summed E-state index contributed by atoms with van der Waals surface area (Å²) in [6.07, 6.45) is 10.0. The summed E-state index contributed by atoms with van der Waals surface area (Å²) in [5.41, 5.74) is 2.49. The molecule has 4 rings (SSSR count). The number of rotatable bonds is 4. The Morgan fingerprint density at radius 2 is 2.00 bits per heavy atom. The summed E-state index contributed by atoms with van der Waals surface area (Å²) in [7, 11) is 0. The highest BCUT2D eigenvalue weighted by atomic mass is 16.5. The summed E-state index contributed by atoms with van der Waals surface area (Å²) in [4.78, 5) is 26.8. The van der Waals surface area contributed by atoms with Gasteiger partial charge in [-0.05, 0) is 29.8 Å². The summed E-state index contributed by atoms with van der Waals surface area (Å²) in [5, 5.41) is 0. The van der Waals surface area contributed by atoms with E-state index in [9.17, 15) is 4.79 Å². The highest BCUT2D eigenvalue weighted by Gasteiger charge is 2.26. The number of aromatic nitrogens is 4. The number of carbonyl (C=O) groups is 1. The zero-order chi connectivity index (χ0) is 17.8. The van der Waals surface area contributed by atoms with Crippen LogP contribution in [0.2, 0.25) is 0 Å². The first kappa shape index (κ1) is 16.4. The van der Waals surface area contributed by atoms with Crippen molar-refractivity contribution in [3.8, 4) is 0 Å². The average Bonchev–Trinajstić information content (AvgIpc) is 3.05. The van der Waals surface area contributed by atoms with Crippen molar-refractivity contribution >= 4 is 5.91 Å². The van der Waals surface area contributed by atoms with Crippen molar-refractivity contribution < 1.29 is 9.53 Å². The van der Waals surface area contributed by atoms with E-state index in [2.05, 4.69) is 19.5 Å². The van der Waals surface area contributed by atoms with Crippen molar-refractivity contribution in [1.82, 2.24) is 24.4 Å². The van der Waals surface area contributed by atoms with Gasteiger partial charge in [-0.15, -0.1) is 0 Å². The van der Waals surface area contributed by atoms with Gasteiger partial charge in [0.15, 0.2) is 0 Å². The number of hydrogen-bond donors (Lipinski definition) is 0. The topological polar surface area (TPSA) is 73.1 Å². The Morgan fingerprint density at radius 1 is 1.12 bits per heavy atom. The maximum absolute atomic E-state index is 12.9. The van der Waals surface area contributed by atoms with Crippen molar-refractivity contribution in [2.24, 2.45) is 0 Å². The second-order valence-electron chi connectivity index (χ2n) is 6.22. The first-order valence-electron chi connectivity index (χ1n) is 8.49. The lowest BCUT2D eigenvalue weighted by Crippen LogP contribution is -2.37. The van der Waals surface area contributed by atoms with Crippen LogP contribution in [0.25, 0.3) is 0 Å². The number of fused-ring (bicyclic) bond motifs is 1. The second kappa shape index (κ2) is 7.45. The monoisotopic (exact) mass is 349 g/mol. The van der Waals surface area contributed by atoms with Crippen LogP contribution in [0.3, 0.4) is 0 Å². The van der Waals surface area contributed by atoms with Gasteiger partial charge in [0.25, 0.3) is 5.91 Å². The molecule has 0 aliphatic carbocycles. The van der Waals surface area contributed by atoms with Gasteiger partial charge in [-0.3, -0.25) is 14.8 Å². The lowest BCUT2D eigenvalue weighted by molar-refractivity contribution is 0.0103. The Kier molecular flexibility index (Phi) is 4.70. The molecule has 3 aromatic rings. The Labute approximate surface area is 151 Å². The maximum atomic E-state index is 12.9. The minimum Gasteiger partial charge on any atom is -0.370 e. The number of amides is 1. The molecule has 132 valence electrons. The van der Waals surface area contributed by atoms with Crippen LogP contribution in [0.5, 0.6) is 0 Å². The zero-order valence-corrected chi connectivity index (χ0v) is 14.2. The summed E-state index contributed by atoms with van der Waals surface area (Å²) in [5.74, 6) is -0.134. The molecular weight excluding hydrogens is 330 g/mol. The molecule has 7 heteroatoms. The highest BCUT2D eigenvalue weighted by Crippen LogP contribution is 2.18. The van der Waals surface area contributed by atoms with Gasteiger partial charge in [0.1, 0.15) is 5.69 Å². The fourth-order valence-corrected chi connectivity index (χ4v) is 3.08. The van der Waals surface area contributed by atoms with Crippen molar-refractivity contribution in [2.45, 2.75) is 25.8 Å². The van der Waals surface area contributed by atoms with Crippen molar-refractivity contribution in [1.29, 1.82) is 0 Å². The normalized spacial score (nSPS) is 16.8. The van der Waals surface area contributed by atoms with Crippen molar-refractivity contribution in [2.75, 3.05) is 6.54 Å². The number of nitrogens with zero attached hydrogens (tertiary/aromatic N) is 5. The highest BCUT2D eigenvalue weighted by molar-refractivity contribution is 5.91. The molecular formula is C19H19N5O2. The molecule has 0 N–H and O–H groups in total. The van der Waals surface area contributed by atoms with Crippen molar-refractivity contribution in [3.05, 3.63) is 78.4 Å².